The number of rotatable bonds is 2. The van der Waals surface area contributed by atoms with E-state index in [0.717, 1.165) is 15.4 Å². The molecule has 2 aromatic carbocycles. The van der Waals surface area contributed by atoms with Crippen LogP contribution in [0.3, 0.4) is 0 Å². The summed E-state index contributed by atoms with van der Waals surface area (Å²) < 4.78 is 5.61. The third-order valence-corrected chi connectivity index (χ3v) is 4.34. The fourth-order valence-electron chi connectivity index (χ4n) is 2.25. The molecule has 1 aliphatic rings. The normalized spacial score (nSPS) is 13.2. The molecule has 0 saturated carbocycles. The molecule has 0 aliphatic carbocycles. The number of hydrogen-bond acceptors (Lipinski definition) is 3. The molecule has 0 amide bonds. The van der Waals surface area contributed by atoms with Gasteiger partial charge in [0, 0.05) is 9.79 Å². The Morgan fingerprint density at radius 3 is 2.95 bits per heavy atom. The van der Waals surface area contributed by atoms with Crippen molar-refractivity contribution in [3.05, 3.63) is 53.6 Å². The molecule has 0 fully saturated rings. The first-order valence-corrected chi connectivity index (χ1v) is 7.01. The Morgan fingerprint density at radius 2 is 2.11 bits per heavy atom. The fourth-order valence-corrected chi connectivity index (χ4v) is 3.21. The van der Waals surface area contributed by atoms with Crippen LogP contribution in [0, 0.1) is 11.3 Å². The van der Waals surface area contributed by atoms with Gasteiger partial charge in [-0.3, -0.25) is 0 Å². The average Bonchev–Trinajstić information content (AvgIpc) is 2.81. The van der Waals surface area contributed by atoms with E-state index in [1.165, 1.54) is 11.0 Å². The van der Waals surface area contributed by atoms with Crippen molar-refractivity contribution in [3.63, 3.8) is 0 Å². The first-order chi connectivity index (χ1) is 9.28. The van der Waals surface area contributed by atoms with Gasteiger partial charge in [-0.1, -0.05) is 36.8 Å². The smallest absolute Gasteiger partial charge is 0.324 e. The third kappa shape index (κ3) is 2.40. The van der Waals surface area contributed by atoms with Gasteiger partial charge in [-0.15, -0.1) is 0 Å². The molecule has 3 rings (SSSR count). The molecular formula is C15H12BNOS. The van der Waals surface area contributed by atoms with E-state index in [1.54, 1.807) is 11.8 Å². The number of hydrogen-bond donors (Lipinski definition) is 0. The molecule has 0 N–H and O–H groups in total. The van der Waals surface area contributed by atoms with E-state index < -0.39 is 0 Å². The molecule has 0 bridgehead atoms. The van der Waals surface area contributed by atoms with Crippen LogP contribution in [0.2, 0.25) is 6.82 Å². The average molecular weight is 265 g/mol. The lowest BCUT2D eigenvalue weighted by atomic mass is 9.64. The van der Waals surface area contributed by atoms with Crippen molar-refractivity contribution in [3.8, 4) is 6.07 Å². The summed E-state index contributed by atoms with van der Waals surface area (Å²) in [5.41, 5.74) is 3.25. The molecular weight excluding hydrogens is 253 g/mol. The second kappa shape index (κ2) is 5.12. The largest absolute Gasteiger partial charge is 0.427 e. The van der Waals surface area contributed by atoms with Gasteiger partial charge in [-0.05, 0) is 35.3 Å². The Hall–Kier alpha value is -1.70. The van der Waals surface area contributed by atoms with Crippen LogP contribution in [0.1, 0.15) is 11.1 Å². The maximum atomic E-state index is 9.10. The molecule has 0 radical (unpaired) electrons. The van der Waals surface area contributed by atoms with Crippen molar-refractivity contribution >= 4 is 24.1 Å². The molecule has 0 unspecified atom stereocenters. The lowest BCUT2D eigenvalue weighted by Crippen LogP contribution is -2.23. The van der Waals surface area contributed by atoms with E-state index in [4.69, 9.17) is 9.92 Å². The second-order valence-electron chi connectivity index (χ2n) is 4.52. The summed E-state index contributed by atoms with van der Waals surface area (Å²) >= 11 is 1.63. The maximum Gasteiger partial charge on any atom is 0.324 e. The predicted molar refractivity (Wildman–Crippen MR) is 77.8 cm³/mol. The van der Waals surface area contributed by atoms with Crippen LogP contribution in [-0.4, -0.2) is 6.92 Å². The van der Waals surface area contributed by atoms with Gasteiger partial charge in [-0.2, -0.15) is 5.26 Å². The van der Waals surface area contributed by atoms with Gasteiger partial charge >= 0.3 is 6.92 Å². The fraction of sp³-hybridized carbons (Fsp3) is 0.133. The molecule has 4 heteroatoms. The Kier molecular flexibility index (Phi) is 3.33. The van der Waals surface area contributed by atoms with Crippen LogP contribution in [0.5, 0.6) is 0 Å². The zero-order valence-corrected chi connectivity index (χ0v) is 11.4. The predicted octanol–water partition coefficient (Wildman–Crippen LogP) is 3.07. The second-order valence-corrected chi connectivity index (χ2v) is 5.64. The lowest BCUT2D eigenvalue weighted by molar-refractivity contribution is 0.333. The van der Waals surface area contributed by atoms with Crippen molar-refractivity contribution in [2.75, 3.05) is 0 Å². The molecule has 19 heavy (non-hydrogen) atoms. The van der Waals surface area contributed by atoms with Crippen molar-refractivity contribution in [1.82, 2.24) is 0 Å². The summed E-state index contributed by atoms with van der Waals surface area (Å²) in [5, 5.41) is 9.10. The van der Waals surface area contributed by atoms with E-state index in [1.807, 2.05) is 24.3 Å². The number of fused-ring (bicyclic) bond motifs is 1. The zero-order chi connectivity index (χ0) is 13.2. The Balaban J connectivity index is 1.91. The summed E-state index contributed by atoms with van der Waals surface area (Å²) in [7, 11) is 0. The van der Waals surface area contributed by atoms with Gasteiger partial charge in [0.25, 0.3) is 0 Å². The van der Waals surface area contributed by atoms with Crippen molar-refractivity contribution in [2.24, 2.45) is 0 Å². The van der Waals surface area contributed by atoms with Gasteiger partial charge in [0.2, 0.25) is 0 Å². The van der Waals surface area contributed by atoms with Crippen molar-refractivity contribution in [2.45, 2.75) is 23.2 Å². The van der Waals surface area contributed by atoms with Gasteiger partial charge in [0.15, 0.2) is 0 Å². The van der Waals surface area contributed by atoms with Crippen LogP contribution < -0.4 is 5.46 Å². The monoisotopic (exact) mass is 265 g/mol. The summed E-state index contributed by atoms with van der Waals surface area (Å²) in [6.07, 6.45) is 0. The molecule has 1 heterocycles. The van der Waals surface area contributed by atoms with E-state index >= 15 is 0 Å². The molecule has 2 nitrogen and oxygen atoms in total. The van der Waals surface area contributed by atoms with Crippen LogP contribution in [0.25, 0.3) is 0 Å². The Morgan fingerprint density at radius 1 is 1.26 bits per heavy atom. The summed E-state index contributed by atoms with van der Waals surface area (Å²) in [6, 6.07) is 16.3. The minimum absolute atomic E-state index is 0.195. The first kappa shape index (κ1) is 12.3. The van der Waals surface area contributed by atoms with E-state index in [0.29, 0.717) is 6.61 Å². The van der Waals surface area contributed by atoms with Crippen LogP contribution in [0.15, 0.2) is 52.3 Å². The molecule has 0 aromatic heterocycles. The van der Waals surface area contributed by atoms with Gasteiger partial charge in [0.05, 0.1) is 12.2 Å². The van der Waals surface area contributed by atoms with Crippen LogP contribution in [0.4, 0.5) is 0 Å². The van der Waals surface area contributed by atoms with E-state index in [9.17, 15) is 0 Å². The van der Waals surface area contributed by atoms with Crippen molar-refractivity contribution in [1.29, 1.82) is 5.26 Å². The molecule has 0 atom stereocenters. The number of nitrogens with zero attached hydrogens (tertiary/aromatic N) is 1. The maximum absolute atomic E-state index is 9.10. The highest BCUT2D eigenvalue weighted by Crippen LogP contribution is 2.31. The van der Waals surface area contributed by atoms with Crippen LogP contribution in [-0.2, 0) is 11.3 Å². The first-order valence-electron chi connectivity index (χ1n) is 6.19. The van der Waals surface area contributed by atoms with Gasteiger partial charge < -0.3 is 4.65 Å². The minimum atomic E-state index is 0.195. The summed E-state index contributed by atoms with van der Waals surface area (Å²) in [6.45, 7) is 2.95. The zero-order valence-electron chi connectivity index (χ0n) is 10.6. The summed E-state index contributed by atoms with van der Waals surface area (Å²) in [5.74, 6) is 0. The highest BCUT2D eigenvalue weighted by atomic mass is 32.2. The van der Waals surface area contributed by atoms with E-state index in [2.05, 4.69) is 31.1 Å². The quantitative estimate of drug-likeness (QED) is 0.782. The molecule has 0 saturated heterocycles. The molecule has 0 spiro atoms. The minimum Gasteiger partial charge on any atom is -0.427 e. The Labute approximate surface area is 117 Å². The van der Waals surface area contributed by atoms with Gasteiger partial charge in [-0.25, -0.2) is 0 Å². The highest BCUT2D eigenvalue weighted by Gasteiger charge is 2.23. The highest BCUT2D eigenvalue weighted by molar-refractivity contribution is 7.99. The third-order valence-electron chi connectivity index (χ3n) is 3.28. The number of benzene rings is 2. The van der Waals surface area contributed by atoms with Crippen molar-refractivity contribution < 1.29 is 4.65 Å². The molecule has 1 aliphatic heterocycles. The lowest BCUT2D eigenvalue weighted by Gasteiger charge is -2.06. The number of nitriles is 1. The van der Waals surface area contributed by atoms with Crippen LogP contribution >= 0.6 is 11.8 Å². The topological polar surface area (TPSA) is 33.0 Å². The van der Waals surface area contributed by atoms with Gasteiger partial charge in [0.1, 0.15) is 6.07 Å². The molecule has 2 aromatic rings. The standard InChI is InChI=1S/C15H12BNOS/c1-16-14-7-6-13(8-12(14)10-18-16)19-15-5-3-2-4-11(15)9-17/h2-8H,10H2,1H3. The molecule has 92 valence electrons. The Bertz CT molecular complexity index is 665. The SMILES string of the molecule is CB1OCc2cc(Sc3ccccc3C#N)ccc21. The summed E-state index contributed by atoms with van der Waals surface area (Å²) in [4.78, 5) is 2.15. The van der Waals surface area contributed by atoms with E-state index in [-0.39, 0.29) is 6.92 Å².